The number of nitrogens with zero attached hydrogens (tertiary/aromatic N) is 3. The van der Waals surface area contributed by atoms with Crippen molar-refractivity contribution in [3.05, 3.63) is 78.1 Å². The lowest BCUT2D eigenvalue weighted by Gasteiger charge is -2.13. The highest BCUT2D eigenvalue weighted by molar-refractivity contribution is 7.99. The topological polar surface area (TPSA) is 76.3 Å². The number of thioether (sulfide) groups is 1. The zero-order valence-electron chi connectivity index (χ0n) is 15.2. The fourth-order valence-electron chi connectivity index (χ4n) is 3.35. The Balaban J connectivity index is 1.39. The van der Waals surface area contributed by atoms with Crippen LogP contribution < -0.4 is 0 Å². The number of aromatic nitrogens is 2. The normalized spacial score (nSPS) is 13.3. The van der Waals surface area contributed by atoms with Crippen molar-refractivity contribution in [3.8, 4) is 11.6 Å². The molecule has 6 nitrogen and oxygen atoms in total. The Kier molecular flexibility index (Phi) is 4.37. The largest absolute Gasteiger partial charge is 0.461 e. The van der Waals surface area contributed by atoms with Gasteiger partial charge in [-0.3, -0.25) is 14.5 Å². The fraction of sp³-hybridized carbons (Fsp3) is 0.0909. The van der Waals surface area contributed by atoms with Gasteiger partial charge in [0.2, 0.25) is 0 Å². The molecule has 7 heteroatoms. The van der Waals surface area contributed by atoms with Gasteiger partial charge in [-0.05, 0) is 30.3 Å². The van der Waals surface area contributed by atoms with Crippen molar-refractivity contribution in [1.29, 1.82) is 0 Å². The highest BCUT2D eigenvalue weighted by atomic mass is 32.2. The van der Waals surface area contributed by atoms with Crippen LogP contribution >= 0.6 is 11.8 Å². The van der Waals surface area contributed by atoms with Gasteiger partial charge < -0.3 is 4.42 Å². The average molecular weight is 401 g/mol. The van der Waals surface area contributed by atoms with Gasteiger partial charge in [0.15, 0.2) is 11.6 Å². The predicted molar refractivity (Wildman–Crippen MR) is 110 cm³/mol. The highest BCUT2D eigenvalue weighted by Gasteiger charge is 2.34. The third-order valence-electron chi connectivity index (χ3n) is 4.74. The number of hydrogen-bond acceptors (Lipinski definition) is 6. The Morgan fingerprint density at radius 2 is 1.59 bits per heavy atom. The number of fused-ring (bicyclic) bond motifs is 2. The van der Waals surface area contributed by atoms with E-state index in [0.717, 1.165) is 15.9 Å². The van der Waals surface area contributed by atoms with Gasteiger partial charge in [0.05, 0.1) is 22.9 Å². The van der Waals surface area contributed by atoms with Gasteiger partial charge in [-0.1, -0.05) is 30.3 Å². The van der Waals surface area contributed by atoms with Crippen molar-refractivity contribution in [2.24, 2.45) is 0 Å². The van der Waals surface area contributed by atoms with Crippen LogP contribution in [0.15, 0.2) is 76.4 Å². The molecule has 1 aliphatic rings. The maximum absolute atomic E-state index is 12.5. The molecule has 0 aliphatic carbocycles. The van der Waals surface area contributed by atoms with Crippen LogP contribution in [0.25, 0.3) is 22.5 Å². The first-order chi connectivity index (χ1) is 14.2. The third-order valence-corrected chi connectivity index (χ3v) is 5.71. The van der Waals surface area contributed by atoms with Gasteiger partial charge in [-0.15, -0.1) is 11.8 Å². The van der Waals surface area contributed by atoms with Gasteiger partial charge in [0.25, 0.3) is 11.8 Å². The summed E-state index contributed by atoms with van der Waals surface area (Å²) in [6.07, 6.45) is 1.59. The van der Waals surface area contributed by atoms with E-state index in [1.165, 1.54) is 16.7 Å². The molecule has 29 heavy (non-hydrogen) atoms. The molecule has 1 aliphatic heterocycles. The minimum absolute atomic E-state index is 0.241. The summed E-state index contributed by atoms with van der Waals surface area (Å²) in [6, 6.07) is 18.3. The van der Waals surface area contributed by atoms with Crippen LogP contribution in [0.4, 0.5) is 0 Å². The maximum Gasteiger partial charge on any atom is 0.261 e. The second-order valence-electron chi connectivity index (χ2n) is 6.50. The second kappa shape index (κ2) is 7.18. The summed E-state index contributed by atoms with van der Waals surface area (Å²) < 4.78 is 5.44. The summed E-state index contributed by atoms with van der Waals surface area (Å²) in [5.41, 5.74) is 1.75. The number of furan rings is 1. The van der Waals surface area contributed by atoms with E-state index in [9.17, 15) is 9.59 Å². The van der Waals surface area contributed by atoms with Gasteiger partial charge in [0, 0.05) is 17.7 Å². The van der Waals surface area contributed by atoms with E-state index in [0.29, 0.717) is 35.0 Å². The molecule has 2 aromatic carbocycles. The van der Waals surface area contributed by atoms with Crippen LogP contribution in [0.3, 0.4) is 0 Å². The van der Waals surface area contributed by atoms with Gasteiger partial charge in [0.1, 0.15) is 5.03 Å². The molecule has 0 fully saturated rings. The monoisotopic (exact) mass is 401 g/mol. The minimum Gasteiger partial charge on any atom is -0.461 e. The number of para-hydroxylation sites is 1. The number of benzene rings is 2. The van der Waals surface area contributed by atoms with E-state index in [1.807, 2.05) is 30.3 Å². The molecular weight excluding hydrogens is 386 g/mol. The molecule has 0 unspecified atom stereocenters. The zero-order chi connectivity index (χ0) is 19.8. The van der Waals surface area contributed by atoms with Crippen molar-refractivity contribution in [2.75, 3.05) is 12.3 Å². The van der Waals surface area contributed by atoms with Crippen molar-refractivity contribution < 1.29 is 14.0 Å². The Morgan fingerprint density at radius 3 is 2.31 bits per heavy atom. The molecule has 0 N–H and O–H groups in total. The van der Waals surface area contributed by atoms with E-state index in [1.54, 1.807) is 36.6 Å². The predicted octanol–water partition coefficient (Wildman–Crippen LogP) is 4.28. The zero-order valence-corrected chi connectivity index (χ0v) is 16.1. The standard InChI is InChI=1S/C22H15N3O3S/c26-21-14-6-1-2-7-15(14)22(27)25(21)11-13-29-20-16-8-3-4-9-17(16)23-19(24-20)18-10-5-12-28-18/h1-10,12H,11,13H2. The summed E-state index contributed by atoms with van der Waals surface area (Å²) in [5, 5.41) is 1.72. The molecule has 0 spiro atoms. The number of rotatable bonds is 5. The molecule has 3 heterocycles. The number of hydrogen-bond donors (Lipinski definition) is 0. The van der Waals surface area contributed by atoms with Crippen molar-refractivity contribution in [2.45, 2.75) is 5.03 Å². The molecule has 0 radical (unpaired) electrons. The van der Waals surface area contributed by atoms with Crippen LogP contribution in [0.1, 0.15) is 20.7 Å². The molecule has 4 aromatic rings. The summed E-state index contributed by atoms with van der Waals surface area (Å²) in [6.45, 7) is 0.311. The smallest absolute Gasteiger partial charge is 0.261 e. The van der Waals surface area contributed by atoms with Crippen molar-refractivity contribution in [1.82, 2.24) is 14.9 Å². The lowest BCUT2D eigenvalue weighted by molar-refractivity contribution is 0.0664. The Morgan fingerprint density at radius 1 is 0.862 bits per heavy atom. The molecule has 5 rings (SSSR count). The van der Waals surface area contributed by atoms with Crippen molar-refractivity contribution >= 4 is 34.5 Å². The van der Waals surface area contributed by atoms with Crippen LogP contribution in [0, 0.1) is 0 Å². The molecular formula is C22H15N3O3S. The summed E-state index contributed by atoms with van der Waals surface area (Å²) in [7, 11) is 0. The summed E-state index contributed by atoms with van der Waals surface area (Å²) in [5.74, 6) is 1.16. The van der Waals surface area contributed by atoms with Gasteiger partial charge >= 0.3 is 0 Å². The number of carbonyl (C=O) groups is 2. The molecule has 0 saturated heterocycles. The van der Waals surface area contributed by atoms with E-state index in [-0.39, 0.29) is 11.8 Å². The van der Waals surface area contributed by atoms with Gasteiger partial charge in [-0.25, -0.2) is 9.97 Å². The van der Waals surface area contributed by atoms with E-state index < -0.39 is 0 Å². The maximum atomic E-state index is 12.5. The SMILES string of the molecule is O=C1c2ccccc2C(=O)N1CCSc1nc(-c2ccco2)nc2ccccc12. The number of carbonyl (C=O) groups excluding carboxylic acids is 2. The first-order valence-electron chi connectivity index (χ1n) is 9.11. The Bertz CT molecular complexity index is 1200. The average Bonchev–Trinajstić information content (AvgIpc) is 3.37. The van der Waals surface area contributed by atoms with E-state index in [4.69, 9.17) is 4.42 Å². The van der Waals surface area contributed by atoms with Crippen LogP contribution in [0.5, 0.6) is 0 Å². The Hall–Kier alpha value is -3.45. The van der Waals surface area contributed by atoms with Crippen LogP contribution in [-0.4, -0.2) is 39.0 Å². The quantitative estimate of drug-likeness (QED) is 0.282. The number of imide groups is 1. The molecule has 0 saturated carbocycles. The minimum atomic E-state index is -0.241. The molecule has 2 aromatic heterocycles. The first kappa shape index (κ1) is 17.6. The fourth-order valence-corrected chi connectivity index (χ4v) is 4.30. The second-order valence-corrected chi connectivity index (χ2v) is 7.59. The third kappa shape index (κ3) is 3.09. The number of amides is 2. The molecule has 0 atom stereocenters. The molecule has 2 amide bonds. The lowest BCUT2D eigenvalue weighted by Crippen LogP contribution is -2.31. The molecule has 142 valence electrons. The van der Waals surface area contributed by atoms with E-state index >= 15 is 0 Å². The Labute approximate surface area is 170 Å². The van der Waals surface area contributed by atoms with Crippen LogP contribution in [-0.2, 0) is 0 Å². The highest BCUT2D eigenvalue weighted by Crippen LogP contribution is 2.29. The first-order valence-corrected chi connectivity index (χ1v) is 10.1. The lowest BCUT2D eigenvalue weighted by atomic mass is 10.1. The molecule has 0 bridgehead atoms. The van der Waals surface area contributed by atoms with E-state index in [2.05, 4.69) is 9.97 Å². The van der Waals surface area contributed by atoms with Gasteiger partial charge in [-0.2, -0.15) is 0 Å². The summed E-state index contributed by atoms with van der Waals surface area (Å²) in [4.78, 5) is 35.6. The van der Waals surface area contributed by atoms with Crippen LogP contribution in [0.2, 0.25) is 0 Å². The van der Waals surface area contributed by atoms with Crippen molar-refractivity contribution in [3.63, 3.8) is 0 Å². The summed E-state index contributed by atoms with van der Waals surface area (Å²) >= 11 is 1.49.